The van der Waals surface area contributed by atoms with Gasteiger partial charge in [-0.2, -0.15) is 5.10 Å². The first-order valence-corrected chi connectivity index (χ1v) is 13.5. The summed E-state index contributed by atoms with van der Waals surface area (Å²) in [6, 6.07) is 5.40. The maximum Gasteiger partial charge on any atom is 0.251 e. The van der Waals surface area contributed by atoms with Gasteiger partial charge in [0.25, 0.3) is 5.91 Å². The molecule has 4 N–H and O–H groups in total. The average molecular weight is 539 g/mol. The monoisotopic (exact) mass is 538 g/mol. The van der Waals surface area contributed by atoms with Crippen LogP contribution in [0, 0.1) is 0 Å². The molecule has 1 fully saturated rings. The topological polar surface area (TPSA) is 127 Å². The number of H-pyrrole nitrogens is 1. The number of benzene rings is 1. The Bertz CT molecular complexity index is 1450. The lowest BCUT2D eigenvalue weighted by atomic mass is 10.1. The molecule has 5 rings (SSSR count). The van der Waals surface area contributed by atoms with Crippen LogP contribution in [0.25, 0.3) is 33.3 Å². The Balaban J connectivity index is 1.30. The summed E-state index contributed by atoms with van der Waals surface area (Å²) in [6.07, 6.45) is 5.30. The van der Waals surface area contributed by atoms with E-state index in [9.17, 15) is 4.79 Å². The van der Waals surface area contributed by atoms with Crippen molar-refractivity contribution in [3.05, 3.63) is 35.1 Å². The zero-order valence-electron chi connectivity index (χ0n) is 22.2. The molecule has 10 nitrogen and oxygen atoms in total. The van der Waals surface area contributed by atoms with Crippen molar-refractivity contribution >= 4 is 45.3 Å². The van der Waals surface area contributed by atoms with Gasteiger partial charge in [0.1, 0.15) is 17.8 Å². The van der Waals surface area contributed by atoms with Crippen LogP contribution in [0.15, 0.2) is 24.5 Å². The third-order valence-electron chi connectivity index (χ3n) is 6.90. The van der Waals surface area contributed by atoms with Gasteiger partial charge in [-0.25, -0.2) is 14.6 Å². The number of nitrogens with two attached hydrogens (primary N) is 1. The van der Waals surface area contributed by atoms with E-state index in [4.69, 9.17) is 27.2 Å². The third-order valence-corrected chi connectivity index (χ3v) is 7.29. The molecule has 0 aliphatic carbocycles. The highest BCUT2D eigenvalue weighted by Crippen LogP contribution is 2.39. The van der Waals surface area contributed by atoms with E-state index >= 15 is 0 Å². The summed E-state index contributed by atoms with van der Waals surface area (Å²) in [7, 11) is 0. The molecule has 4 aromatic rings. The summed E-state index contributed by atoms with van der Waals surface area (Å²) in [4.78, 5) is 27.2. The van der Waals surface area contributed by atoms with Crippen LogP contribution in [-0.2, 0) is 10.3 Å². The number of nitrogens with zero attached hydrogens (tertiary/aromatic N) is 5. The molecule has 38 heavy (non-hydrogen) atoms. The number of likely N-dealkylation sites (tertiary alicyclic amines) is 1. The fourth-order valence-electron chi connectivity index (χ4n) is 4.90. The van der Waals surface area contributed by atoms with Gasteiger partial charge in [0.05, 0.1) is 34.9 Å². The van der Waals surface area contributed by atoms with E-state index in [1.807, 2.05) is 31.5 Å². The molecule has 1 aromatic carbocycles. The van der Waals surface area contributed by atoms with E-state index in [-0.39, 0.29) is 11.4 Å². The highest BCUT2D eigenvalue weighted by Gasteiger charge is 2.26. The van der Waals surface area contributed by atoms with Gasteiger partial charge >= 0.3 is 0 Å². The number of carbonyl (C=O) groups is 1. The van der Waals surface area contributed by atoms with Gasteiger partial charge in [0.15, 0.2) is 5.65 Å². The third kappa shape index (κ3) is 5.34. The van der Waals surface area contributed by atoms with Crippen molar-refractivity contribution in [2.45, 2.75) is 45.6 Å². The molecule has 1 aliphatic rings. The van der Waals surface area contributed by atoms with Gasteiger partial charge in [-0.05, 0) is 58.8 Å². The summed E-state index contributed by atoms with van der Waals surface area (Å²) in [5.41, 5.74) is 8.98. The molecule has 0 saturated carbocycles. The molecule has 1 saturated heterocycles. The second kappa shape index (κ2) is 10.9. The Morgan fingerprint density at radius 2 is 1.97 bits per heavy atom. The number of amides is 1. The summed E-state index contributed by atoms with van der Waals surface area (Å²) in [5, 5.41) is 9.67. The number of carbonyl (C=O) groups excluding carboxylic acids is 1. The van der Waals surface area contributed by atoms with Gasteiger partial charge in [0.2, 0.25) is 0 Å². The van der Waals surface area contributed by atoms with Crippen molar-refractivity contribution in [1.82, 2.24) is 34.9 Å². The molecule has 202 valence electrons. The van der Waals surface area contributed by atoms with Gasteiger partial charge < -0.3 is 25.7 Å². The van der Waals surface area contributed by atoms with Gasteiger partial charge in [-0.15, -0.1) is 0 Å². The van der Waals surface area contributed by atoms with Crippen LogP contribution < -0.4 is 11.1 Å². The maximum atomic E-state index is 12.8. The molecule has 1 amide bonds. The number of aromatic amines is 1. The van der Waals surface area contributed by atoms with Crippen molar-refractivity contribution in [2.75, 3.05) is 45.1 Å². The molecule has 3 aromatic heterocycles. The summed E-state index contributed by atoms with van der Waals surface area (Å²) in [6.45, 7) is 11.0. The number of fused-ring (bicyclic) bond motifs is 2. The summed E-state index contributed by atoms with van der Waals surface area (Å²) >= 11 is 6.81. The molecule has 0 bridgehead atoms. The van der Waals surface area contributed by atoms with E-state index in [1.54, 1.807) is 12.1 Å². The molecule has 0 spiro atoms. The number of aromatic nitrogens is 5. The lowest BCUT2D eigenvalue weighted by Gasteiger charge is -2.26. The number of hydrogen-bond donors (Lipinski definition) is 3. The molecule has 11 heteroatoms. The van der Waals surface area contributed by atoms with Crippen molar-refractivity contribution in [3.63, 3.8) is 0 Å². The van der Waals surface area contributed by atoms with Crippen LogP contribution in [0.1, 0.15) is 50.4 Å². The van der Waals surface area contributed by atoms with Crippen LogP contribution in [0.5, 0.6) is 0 Å². The van der Waals surface area contributed by atoms with Crippen molar-refractivity contribution in [2.24, 2.45) is 0 Å². The van der Waals surface area contributed by atoms with Crippen molar-refractivity contribution in [3.8, 4) is 11.4 Å². The second-order valence-electron chi connectivity index (χ2n) is 10.7. The molecule has 4 heterocycles. The highest BCUT2D eigenvalue weighted by molar-refractivity contribution is 6.38. The first-order valence-electron chi connectivity index (χ1n) is 13.1. The molecule has 0 radical (unpaired) electrons. The average Bonchev–Trinajstić information content (AvgIpc) is 3.45. The van der Waals surface area contributed by atoms with Crippen LogP contribution in [0.3, 0.4) is 0 Å². The van der Waals surface area contributed by atoms with E-state index < -0.39 is 0 Å². The van der Waals surface area contributed by atoms with Gasteiger partial charge in [0, 0.05) is 29.6 Å². The largest absolute Gasteiger partial charge is 0.383 e. The quantitative estimate of drug-likeness (QED) is 0.287. The molecule has 0 unspecified atom stereocenters. The minimum Gasteiger partial charge on any atom is -0.383 e. The zero-order chi connectivity index (χ0) is 26.9. The van der Waals surface area contributed by atoms with Crippen molar-refractivity contribution < 1.29 is 9.53 Å². The Morgan fingerprint density at radius 1 is 1.18 bits per heavy atom. The minimum atomic E-state index is -0.335. The molecular weight excluding hydrogens is 504 g/mol. The predicted molar refractivity (Wildman–Crippen MR) is 150 cm³/mol. The van der Waals surface area contributed by atoms with E-state index in [0.29, 0.717) is 58.6 Å². The zero-order valence-corrected chi connectivity index (χ0v) is 22.9. The maximum absolute atomic E-state index is 12.8. The van der Waals surface area contributed by atoms with Crippen LogP contribution in [0.4, 0.5) is 5.82 Å². The number of hydrogen-bond acceptors (Lipinski definition) is 7. The first kappa shape index (κ1) is 26.4. The number of nitrogen functional groups attached to an aromatic ring is 1. The number of ether oxygens (including phenoxy) is 1. The van der Waals surface area contributed by atoms with E-state index in [0.717, 1.165) is 30.5 Å². The molecule has 0 atom stereocenters. The fourth-order valence-corrected chi connectivity index (χ4v) is 5.20. The fraction of sp³-hybridized carbons (Fsp3) is 0.481. The van der Waals surface area contributed by atoms with E-state index in [1.165, 1.54) is 25.6 Å². The lowest BCUT2D eigenvalue weighted by molar-refractivity contribution is 0.0857. The summed E-state index contributed by atoms with van der Waals surface area (Å²) < 4.78 is 7.55. The number of piperidine rings is 1. The van der Waals surface area contributed by atoms with Gasteiger partial charge in [-0.3, -0.25) is 4.79 Å². The minimum absolute atomic E-state index is 0.168. The smallest absolute Gasteiger partial charge is 0.251 e. The Kier molecular flexibility index (Phi) is 7.56. The molecule has 1 aliphatic heterocycles. The van der Waals surface area contributed by atoms with Crippen LogP contribution >= 0.6 is 11.6 Å². The number of nitrogens with one attached hydrogen (secondary N) is 2. The number of halogens is 1. The SMILES string of the molecule is CC(C)(C)n1nc(-c2[nH]c3cc(C(=O)NCCOCCN4CCCCC4)ccc3c2Cl)c2c(N)ncnc21. The number of anilines is 1. The van der Waals surface area contributed by atoms with Crippen LogP contribution in [0.2, 0.25) is 5.02 Å². The van der Waals surface area contributed by atoms with Crippen LogP contribution in [-0.4, -0.2) is 74.9 Å². The Hall–Kier alpha value is -3.21. The predicted octanol–water partition coefficient (Wildman–Crippen LogP) is 4.20. The molecular formula is C27H35ClN8O2. The normalized spacial score (nSPS) is 14.9. The standard InChI is InChI=1S/C27H35ClN8O2/c1-27(2,3)36-25-20(24(29)31-16-32-25)22(34-36)23-21(28)18-8-7-17(15-19(18)33-23)26(37)30-9-13-38-14-12-35-10-5-4-6-11-35/h7-8,15-16,33H,4-6,9-14H2,1-3H3,(H,30,37)(H2,29,31,32). The van der Waals surface area contributed by atoms with Gasteiger partial charge in [-0.1, -0.05) is 24.1 Å². The summed E-state index contributed by atoms with van der Waals surface area (Å²) in [5.74, 6) is 0.160. The number of rotatable bonds is 8. The highest BCUT2D eigenvalue weighted by atomic mass is 35.5. The second-order valence-corrected chi connectivity index (χ2v) is 11.1. The van der Waals surface area contributed by atoms with E-state index in [2.05, 4.69) is 25.2 Å². The lowest BCUT2D eigenvalue weighted by Crippen LogP contribution is -2.33. The Labute approximate surface area is 226 Å². The van der Waals surface area contributed by atoms with Crippen molar-refractivity contribution in [1.29, 1.82) is 0 Å². The Morgan fingerprint density at radius 3 is 2.74 bits per heavy atom. The first-order chi connectivity index (χ1) is 18.2.